The Hall–Kier alpha value is -1.96. The zero-order valence-electron chi connectivity index (χ0n) is 12.4. The molecular weight excluding hydrogens is 377 g/mol. The molecule has 0 aliphatic heterocycles. The number of anilines is 1. The van der Waals surface area contributed by atoms with Crippen molar-refractivity contribution >= 4 is 44.7 Å². The Morgan fingerprint density at radius 2 is 1.88 bits per heavy atom. The third-order valence-corrected chi connectivity index (χ3v) is 4.57. The van der Waals surface area contributed by atoms with E-state index in [-0.39, 0.29) is 28.0 Å². The van der Waals surface area contributed by atoms with E-state index in [9.17, 15) is 13.2 Å². The molecule has 0 aliphatic carbocycles. The van der Waals surface area contributed by atoms with Gasteiger partial charge in [-0.15, -0.1) is 0 Å². The molecule has 2 aromatic rings. The summed E-state index contributed by atoms with van der Waals surface area (Å²) < 4.78 is 28.7. The number of carboxylic acids is 1. The van der Waals surface area contributed by atoms with Crippen LogP contribution in [0.2, 0.25) is 10.0 Å². The van der Waals surface area contributed by atoms with Crippen LogP contribution in [0.5, 0.6) is 11.5 Å². The van der Waals surface area contributed by atoms with Gasteiger partial charge in [0.05, 0.1) is 15.6 Å². The SMILES string of the molecule is CS(=O)(=O)c1ccc(Oc2cc(Cl)ccc2NCC(=O)O)c(Cl)c1. The number of hydrogen-bond acceptors (Lipinski definition) is 5. The maximum Gasteiger partial charge on any atom is 0.322 e. The Kier molecular flexibility index (Phi) is 5.58. The lowest BCUT2D eigenvalue weighted by Gasteiger charge is -2.14. The number of carboxylic acid groups (broad SMARTS) is 1. The molecule has 0 amide bonds. The minimum atomic E-state index is -3.39. The molecule has 2 N–H and O–H groups in total. The summed E-state index contributed by atoms with van der Waals surface area (Å²) in [4.78, 5) is 10.8. The largest absolute Gasteiger partial charge is 0.480 e. The fourth-order valence-corrected chi connectivity index (χ4v) is 2.90. The third-order valence-electron chi connectivity index (χ3n) is 2.93. The summed E-state index contributed by atoms with van der Waals surface area (Å²) in [7, 11) is -3.39. The number of sulfone groups is 1. The lowest BCUT2D eigenvalue weighted by Crippen LogP contribution is -2.12. The Morgan fingerprint density at radius 3 is 2.46 bits per heavy atom. The van der Waals surface area contributed by atoms with Crippen molar-refractivity contribution in [2.24, 2.45) is 0 Å². The molecule has 24 heavy (non-hydrogen) atoms. The molecule has 0 fully saturated rings. The van der Waals surface area contributed by atoms with Gasteiger partial charge in [0.2, 0.25) is 0 Å². The maximum atomic E-state index is 11.5. The molecule has 0 heterocycles. The number of rotatable bonds is 6. The molecule has 2 aromatic carbocycles. The molecule has 2 rings (SSSR count). The van der Waals surface area contributed by atoms with E-state index >= 15 is 0 Å². The van der Waals surface area contributed by atoms with Gasteiger partial charge < -0.3 is 15.2 Å². The number of aliphatic carboxylic acids is 1. The lowest BCUT2D eigenvalue weighted by molar-refractivity contribution is -0.134. The van der Waals surface area contributed by atoms with Crippen LogP contribution >= 0.6 is 23.2 Å². The molecule has 0 atom stereocenters. The summed E-state index contributed by atoms with van der Waals surface area (Å²) in [5.74, 6) is -0.561. The van der Waals surface area contributed by atoms with Gasteiger partial charge in [-0.2, -0.15) is 0 Å². The number of benzene rings is 2. The number of nitrogens with one attached hydrogen (secondary N) is 1. The minimum absolute atomic E-state index is 0.0650. The molecule has 0 unspecified atom stereocenters. The monoisotopic (exact) mass is 389 g/mol. The highest BCUT2D eigenvalue weighted by Gasteiger charge is 2.13. The highest BCUT2D eigenvalue weighted by molar-refractivity contribution is 7.90. The van der Waals surface area contributed by atoms with Gasteiger partial charge in [-0.3, -0.25) is 4.79 Å². The number of halogens is 2. The fraction of sp³-hybridized carbons (Fsp3) is 0.133. The van der Waals surface area contributed by atoms with Crippen LogP contribution in [0.3, 0.4) is 0 Å². The van der Waals surface area contributed by atoms with Crippen LogP contribution in [0.1, 0.15) is 0 Å². The van der Waals surface area contributed by atoms with Crippen LogP contribution in [-0.2, 0) is 14.6 Å². The van der Waals surface area contributed by atoms with Gasteiger partial charge in [0.25, 0.3) is 0 Å². The van der Waals surface area contributed by atoms with Crippen molar-refractivity contribution in [3.63, 3.8) is 0 Å². The number of carbonyl (C=O) groups is 1. The van der Waals surface area contributed by atoms with Gasteiger partial charge in [-0.05, 0) is 30.3 Å². The predicted molar refractivity (Wildman–Crippen MR) is 92.2 cm³/mol. The van der Waals surface area contributed by atoms with Gasteiger partial charge in [0.1, 0.15) is 12.3 Å². The van der Waals surface area contributed by atoms with E-state index in [1.807, 2.05) is 0 Å². The summed E-state index contributed by atoms with van der Waals surface area (Å²) in [5.41, 5.74) is 0.407. The second-order valence-corrected chi connectivity index (χ2v) is 7.71. The summed E-state index contributed by atoms with van der Waals surface area (Å²) in [6.07, 6.45) is 1.07. The zero-order chi connectivity index (χ0) is 17.9. The molecule has 0 aliphatic rings. The van der Waals surface area contributed by atoms with Gasteiger partial charge >= 0.3 is 5.97 Å². The Morgan fingerprint density at radius 1 is 1.17 bits per heavy atom. The van der Waals surface area contributed by atoms with E-state index in [4.69, 9.17) is 33.0 Å². The van der Waals surface area contributed by atoms with Gasteiger partial charge in [-0.25, -0.2) is 8.42 Å². The molecule has 6 nitrogen and oxygen atoms in total. The van der Waals surface area contributed by atoms with E-state index in [0.29, 0.717) is 10.7 Å². The molecule has 128 valence electrons. The highest BCUT2D eigenvalue weighted by atomic mass is 35.5. The average molecular weight is 390 g/mol. The lowest BCUT2D eigenvalue weighted by atomic mass is 10.2. The molecule has 0 aromatic heterocycles. The molecule has 0 radical (unpaired) electrons. The van der Waals surface area contributed by atoms with E-state index in [2.05, 4.69) is 5.32 Å². The average Bonchev–Trinajstić information content (AvgIpc) is 2.47. The highest BCUT2D eigenvalue weighted by Crippen LogP contribution is 2.36. The van der Waals surface area contributed by atoms with Crippen molar-refractivity contribution in [2.45, 2.75) is 4.90 Å². The fourth-order valence-electron chi connectivity index (χ4n) is 1.81. The first kappa shape index (κ1) is 18.4. The van der Waals surface area contributed by atoms with Crippen molar-refractivity contribution in [1.29, 1.82) is 0 Å². The van der Waals surface area contributed by atoms with Crippen LogP contribution in [0, 0.1) is 0 Å². The minimum Gasteiger partial charge on any atom is -0.480 e. The third kappa shape index (κ3) is 4.77. The van der Waals surface area contributed by atoms with Crippen molar-refractivity contribution in [2.75, 3.05) is 18.1 Å². The molecule has 0 saturated heterocycles. The smallest absolute Gasteiger partial charge is 0.322 e. The van der Waals surface area contributed by atoms with Gasteiger partial charge in [0.15, 0.2) is 15.6 Å². The predicted octanol–water partition coefficient (Wildman–Crippen LogP) is 3.69. The van der Waals surface area contributed by atoms with Crippen LogP contribution in [0.15, 0.2) is 41.3 Å². The Balaban J connectivity index is 2.33. The summed E-state index contributed by atoms with van der Waals surface area (Å²) >= 11 is 12.0. The first-order chi connectivity index (χ1) is 11.2. The van der Waals surface area contributed by atoms with Crippen LogP contribution in [-0.4, -0.2) is 32.3 Å². The molecule has 0 saturated carbocycles. The van der Waals surface area contributed by atoms with Crippen LogP contribution in [0.4, 0.5) is 5.69 Å². The number of ether oxygens (including phenoxy) is 1. The van der Waals surface area contributed by atoms with Crippen molar-refractivity contribution in [3.8, 4) is 11.5 Å². The second kappa shape index (κ2) is 7.29. The van der Waals surface area contributed by atoms with Crippen molar-refractivity contribution in [1.82, 2.24) is 0 Å². The number of hydrogen-bond donors (Lipinski definition) is 2. The van der Waals surface area contributed by atoms with E-state index in [0.717, 1.165) is 6.26 Å². The van der Waals surface area contributed by atoms with E-state index < -0.39 is 15.8 Å². The first-order valence-corrected chi connectivity index (χ1v) is 9.24. The van der Waals surface area contributed by atoms with Crippen molar-refractivity contribution < 1.29 is 23.1 Å². The Labute approximate surface area is 148 Å². The molecule has 9 heteroatoms. The summed E-state index contributed by atoms with van der Waals surface area (Å²) in [6, 6.07) is 8.70. The van der Waals surface area contributed by atoms with E-state index in [1.54, 1.807) is 12.1 Å². The molecule has 0 bridgehead atoms. The Bertz CT molecular complexity index is 883. The topological polar surface area (TPSA) is 92.7 Å². The second-order valence-electron chi connectivity index (χ2n) is 4.85. The maximum absolute atomic E-state index is 11.5. The zero-order valence-corrected chi connectivity index (χ0v) is 14.7. The standard InChI is InChI=1S/C15H13Cl2NO5S/c1-24(21,22)10-3-5-13(11(17)7-10)23-14-6-9(16)2-4-12(14)18-8-15(19)20/h2-7,18H,8H2,1H3,(H,19,20). The van der Waals surface area contributed by atoms with Crippen LogP contribution < -0.4 is 10.1 Å². The summed E-state index contributed by atoms with van der Waals surface area (Å²) in [5, 5.41) is 11.9. The van der Waals surface area contributed by atoms with Gasteiger partial charge in [0, 0.05) is 17.3 Å². The van der Waals surface area contributed by atoms with Gasteiger partial charge in [-0.1, -0.05) is 23.2 Å². The van der Waals surface area contributed by atoms with Crippen molar-refractivity contribution in [3.05, 3.63) is 46.4 Å². The molecular formula is C15H13Cl2NO5S. The quantitative estimate of drug-likeness (QED) is 0.782. The first-order valence-electron chi connectivity index (χ1n) is 6.59. The normalized spacial score (nSPS) is 11.1. The summed E-state index contributed by atoms with van der Waals surface area (Å²) in [6.45, 7) is -0.307. The molecule has 0 spiro atoms. The van der Waals surface area contributed by atoms with E-state index in [1.165, 1.54) is 24.3 Å². The van der Waals surface area contributed by atoms with Crippen LogP contribution in [0.25, 0.3) is 0 Å².